The van der Waals surface area contributed by atoms with Crippen LogP contribution in [0.5, 0.6) is 0 Å². The molecule has 0 nitrogen and oxygen atoms in total. The summed E-state index contributed by atoms with van der Waals surface area (Å²) in [7, 11) is -0.708. The second-order valence-electron chi connectivity index (χ2n) is 3.72. The molecule has 2 heteroatoms. The summed E-state index contributed by atoms with van der Waals surface area (Å²) in [6, 6.07) is 1.49. The van der Waals surface area contributed by atoms with Gasteiger partial charge in [0.25, 0.3) is 0 Å². The third-order valence-corrected chi connectivity index (χ3v) is 3.78. The predicted octanol–water partition coefficient (Wildman–Crippen LogP) is 2.69. The molecule has 9 heavy (non-hydrogen) atoms. The Bertz CT molecular complexity index is 65.8. The van der Waals surface area contributed by atoms with Crippen LogP contribution < -0.4 is 0 Å². The van der Waals surface area contributed by atoms with E-state index in [-0.39, 0.29) is 0 Å². The maximum atomic E-state index is 3.04. The van der Waals surface area contributed by atoms with Gasteiger partial charge >= 0.3 is 67.9 Å². The first-order chi connectivity index (χ1) is 4.06. The van der Waals surface area contributed by atoms with Crippen LogP contribution in [0.4, 0.5) is 0 Å². The minimum atomic E-state index is -0.708. The molecular formula is C7H17SeSi. The Hall–Kier alpha value is 0.736. The van der Waals surface area contributed by atoms with Crippen molar-refractivity contribution in [1.29, 1.82) is 0 Å². The third kappa shape index (κ3) is 8.74. The summed E-state index contributed by atoms with van der Waals surface area (Å²) in [5.74, 6) is 0. The van der Waals surface area contributed by atoms with Crippen LogP contribution in [0.2, 0.25) is 31.0 Å². The number of hydrogen-bond donors (Lipinski definition) is 0. The van der Waals surface area contributed by atoms with Crippen molar-refractivity contribution in [1.82, 2.24) is 0 Å². The van der Waals surface area contributed by atoms with Crippen molar-refractivity contribution in [3.63, 3.8) is 0 Å². The molecule has 0 fully saturated rings. The van der Waals surface area contributed by atoms with Crippen molar-refractivity contribution < 1.29 is 0 Å². The fourth-order valence-electron chi connectivity index (χ4n) is 0.757. The zero-order valence-corrected chi connectivity index (χ0v) is 9.45. The van der Waals surface area contributed by atoms with Crippen LogP contribution in [0.25, 0.3) is 0 Å². The van der Waals surface area contributed by atoms with Crippen molar-refractivity contribution in [3.05, 3.63) is 0 Å². The molecule has 0 unspecified atom stereocenters. The molecule has 0 amide bonds. The van der Waals surface area contributed by atoms with Crippen LogP contribution in [0.15, 0.2) is 0 Å². The Morgan fingerprint density at radius 1 is 1.11 bits per heavy atom. The molecule has 0 saturated carbocycles. The molecule has 0 rings (SSSR count). The standard InChI is InChI=1S/C7H17SeSi/c1-9(2,3)7-5-4-6-8/h4-7H2,1-3H3. The Balaban J connectivity index is 3.07. The summed E-state index contributed by atoms with van der Waals surface area (Å²) in [6.45, 7) is 7.31. The maximum absolute atomic E-state index is 3.04. The van der Waals surface area contributed by atoms with Crippen molar-refractivity contribution in [2.45, 2.75) is 43.8 Å². The van der Waals surface area contributed by atoms with Crippen molar-refractivity contribution in [3.8, 4) is 0 Å². The monoisotopic (exact) mass is 209 g/mol. The van der Waals surface area contributed by atoms with Gasteiger partial charge < -0.3 is 0 Å². The first-order valence-electron chi connectivity index (χ1n) is 3.64. The Labute approximate surface area is 68.2 Å². The average Bonchev–Trinajstić information content (AvgIpc) is 1.63. The predicted molar refractivity (Wildman–Crippen MR) is 47.9 cm³/mol. The van der Waals surface area contributed by atoms with E-state index in [4.69, 9.17) is 0 Å². The van der Waals surface area contributed by atoms with Gasteiger partial charge in [0.2, 0.25) is 0 Å². The molecule has 0 heterocycles. The van der Waals surface area contributed by atoms with Gasteiger partial charge in [0.1, 0.15) is 0 Å². The van der Waals surface area contributed by atoms with Gasteiger partial charge in [0.05, 0.1) is 0 Å². The molecule has 0 aliphatic heterocycles. The van der Waals surface area contributed by atoms with E-state index in [1.165, 1.54) is 24.2 Å². The Kier molecular flexibility index (Phi) is 4.91. The fourth-order valence-corrected chi connectivity index (χ4v) is 2.50. The van der Waals surface area contributed by atoms with E-state index in [9.17, 15) is 0 Å². The van der Waals surface area contributed by atoms with Gasteiger partial charge in [0.15, 0.2) is 0 Å². The van der Waals surface area contributed by atoms with Crippen molar-refractivity contribution in [2.24, 2.45) is 0 Å². The van der Waals surface area contributed by atoms with E-state index in [2.05, 4.69) is 35.7 Å². The molecule has 0 atom stereocenters. The normalized spacial score (nSPS) is 12.0. The van der Waals surface area contributed by atoms with E-state index in [1.807, 2.05) is 0 Å². The van der Waals surface area contributed by atoms with E-state index in [0.717, 1.165) is 0 Å². The zero-order valence-electron chi connectivity index (χ0n) is 6.74. The van der Waals surface area contributed by atoms with Gasteiger partial charge in [0, 0.05) is 0 Å². The van der Waals surface area contributed by atoms with Crippen LogP contribution in [-0.4, -0.2) is 24.1 Å². The zero-order chi connectivity index (χ0) is 7.33. The minimum absolute atomic E-state index is 0.708. The van der Waals surface area contributed by atoms with Crippen LogP contribution in [-0.2, 0) is 0 Å². The molecule has 0 N–H and O–H groups in total. The molecule has 0 aromatic carbocycles. The van der Waals surface area contributed by atoms with Crippen LogP contribution in [0.3, 0.4) is 0 Å². The average molecular weight is 208 g/mol. The van der Waals surface area contributed by atoms with Gasteiger partial charge in [-0.2, -0.15) is 0 Å². The molecule has 1 radical (unpaired) electrons. The van der Waals surface area contributed by atoms with Gasteiger partial charge in [-0.3, -0.25) is 0 Å². The second-order valence-corrected chi connectivity index (χ2v) is 10.2. The van der Waals surface area contributed by atoms with Gasteiger partial charge in [-0.25, -0.2) is 0 Å². The Morgan fingerprint density at radius 2 is 1.67 bits per heavy atom. The van der Waals surface area contributed by atoms with Crippen molar-refractivity contribution in [2.75, 3.05) is 0 Å². The molecule has 0 spiro atoms. The summed E-state index contributed by atoms with van der Waals surface area (Å²) < 4.78 is 0. The van der Waals surface area contributed by atoms with E-state index >= 15 is 0 Å². The van der Waals surface area contributed by atoms with E-state index in [0.29, 0.717) is 0 Å². The van der Waals surface area contributed by atoms with Crippen LogP contribution in [0.1, 0.15) is 12.8 Å². The summed E-state index contributed by atoms with van der Waals surface area (Å²) >= 11 is 3.04. The van der Waals surface area contributed by atoms with E-state index < -0.39 is 8.07 Å². The number of unbranched alkanes of at least 4 members (excludes halogenated alkanes) is 1. The fraction of sp³-hybridized carbons (Fsp3) is 1.00. The molecule has 0 saturated heterocycles. The number of rotatable bonds is 4. The third-order valence-electron chi connectivity index (χ3n) is 1.32. The molecule has 55 valence electrons. The van der Waals surface area contributed by atoms with Crippen LogP contribution >= 0.6 is 0 Å². The quantitative estimate of drug-likeness (QED) is 0.492. The SMILES string of the molecule is C[Si](C)(C)CCCC[Se]. The molecule has 0 aliphatic carbocycles. The van der Waals surface area contributed by atoms with Gasteiger partial charge in [-0.15, -0.1) is 0 Å². The molecule has 0 aromatic heterocycles. The number of hydrogen-bond acceptors (Lipinski definition) is 0. The summed E-state index contributed by atoms with van der Waals surface area (Å²) in [5, 5.41) is 1.24. The van der Waals surface area contributed by atoms with Crippen LogP contribution in [0, 0.1) is 0 Å². The molecular weight excluding hydrogens is 191 g/mol. The van der Waals surface area contributed by atoms with Crippen molar-refractivity contribution >= 4 is 24.1 Å². The molecule has 0 aromatic rings. The second kappa shape index (κ2) is 4.54. The first-order valence-corrected chi connectivity index (χ1v) is 8.56. The van der Waals surface area contributed by atoms with Gasteiger partial charge in [-0.05, 0) is 0 Å². The summed E-state index contributed by atoms with van der Waals surface area (Å²) in [4.78, 5) is 0. The van der Waals surface area contributed by atoms with E-state index in [1.54, 1.807) is 0 Å². The van der Waals surface area contributed by atoms with Gasteiger partial charge in [-0.1, -0.05) is 0 Å². The topological polar surface area (TPSA) is 0 Å². The first kappa shape index (κ1) is 9.74. The summed E-state index contributed by atoms with van der Waals surface area (Å²) in [5.41, 5.74) is 0. The molecule has 0 bridgehead atoms. The summed E-state index contributed by atoms with van der Waals surface area (Å²) in [6.07, 6.45) is 2.81. The molecule has 0 aliphatic rings. The Morgan fingerprint density at radius 3 is 2.00 bits per heavy atom.